The van der Waals surface area contributed by atoms with E-state index in [0.717, 1.165) is 5.96 Å². The largest absolute Gasteiger partial charge is 0.355 e. The van der Waals surface area contributed by atoms with Gasteiger partial charge in [0, 0.05) is 40.4 Å². The molecule has 18 heavy (non-hydrogen) atoms. The van der Waals surface area contributed by atoms with Crippen molar-refractivity contribution >= 4 is 40.7 Å². The van der Waals surface area contributed by atoms with Crippen molar-refractivity contribution in [2.45, 2.75) is 51.8 Å². The Hall–Kier alpha value is 0.150. The summed E-state index contributed by atoms with van der Waals surface area (Å²) in [7, 11) is 0.914. The zero-order valence-electron chi connectivity index (χ0n) is 12.6. The third kappa shape index (κ3) is 10.1. The fraction of sp³-hybridized carbons (Fsp3) is 0.917. The standard InChI is InChI=1S/C12H27N3OS.HI/c1-11(2,3)15-10(13-7)14-8-9-17(16)12(4,5)6;/h8-9H2,1-7H3,(H2,13,14,15);1H. The predicted molar refractivity (Wildman–Crippen MR) is 92.4 cm³/mol. The molecule has 0 saturated carbocycles. The maximum absolute atomic E-state index is 11.8. The Kier molecular flexibility index (Phi) is 9.49. The second-order valence-corrected chi connectivity index (χ2v) is 8.36. The molecule has 0 fully saturated rings. The number of hydrogen-bond acceptors (Lipinski definition) is 2. The minimum atomic E-state index is -0.824. The van der Waals surface area contributed by atoms with Gasteiger partial charge >= 0.3 is 0 Å². The van der Waals surface area contributed by atoms with Gasteiger partial charge in [0.2, 0.25) is 0 Å². The van der Waals surface area contributed by atoms with Crippen molar-refractivity contribution in [3.63, 3.8) is 0 Å². The van der Waals surface area contributed by atoms with E-state index in [-0.39, 0.29) is 34.3 Å². The second-order valence-electron chi connectivity index (χ2n) is 6.04. The highest BCUT2D eigenvalue weighted by molar-refractivity contribution is 14.0. The first-order valence-corrected chi connectivity index (χ1v) is 7.25. The molecule has 6 heteroatoms. The molecule has 0 aromatic carbocycles. The van der Waals surface area contributed by atoms with Crippen LogP contribution < -0.4 is 10.6 Å². The summed E-state index contributed by atoms with van der Waals surface area (Å²) >= 11 is 0. The monoisotopic (exact) mass is 389 g/mol. The van der Waals surface area contributed by atoms with Crippen molar-refractivity contribution in [1.29, 1.82) is 0 Å². The Balaban J connectivity index is 0. The van der Waals surface area contributed by atoms with Gasteiger partial charge in [0.25, 0.3) is 0 Å². The van der Waals surface area contributed by atoms with E-state index in [2.05, 4.69) is 36.4 Å². The van der Waals surface area contributed by atoms with Crippen LogP contribution >= 0.6 is 24.0 Å². The molecule has 110 valence electrons. The number of rotatable bonds is 3. The molecule has 0 aromatic rings. The fourth-order valence-corrected chi connectivity index (χ4v) is 2.00. The third-order valence-electron chi connectivity index (χ3n) is 1.98. The first kappa shape index (κ1) is 20.5. The van der Waals surface area contributed by atoms with Crippen molar-refractivity contribution < 1.29 is 4.21 Å². The van der Waals surface area contributed by atoms with Crippen LogP contribution in [0, 0.1) is 0 Å². The molecule has 0 aliphatic rings. The molecule has 0 rings (SSSR count). The van der Waals surface area contributed by atoms with Gasteiger partial charge in [-0.05, 0) is 41.5 Å². The SMILES string of the molecule is CN=C(NCCS(=O)C(C)(C)C)NC(C)(C)C.I. The van der Waals surface area contributed by atoms with Gasteiger partial charge < -0.3 is 10.6 Å². The minimum Gasteiger partial charge on any atom is -0.355 e. The summed E-state index contributed by atoms with van der Waals surface area (Å²) in [6.45, 7) is 12.9. The van der Waals surface area contributed by atoms with Gasteiger partial charge in [-0.3, -0.25) is 9.20 Å². The Morgan fingerprint density at radius 1 is 1.17 bits per heavy atom. The average Bonchev–Trinajstić information content (AvgIpc) is 2.12. The van der Waals surface area contributed by atoms with Gasteiger partial charge in [0.1, 0.15) is 0 Å². The minimum absolute atomic E-state index is 0. The van der Waals surface area contributed by atoms with Crippen LogP contribution in [0.4, 0.5) is 0 Å². The van der Waals surface area contributed by atoms with Gasteiger partial charge in [-0.1, -0.05) is 0 Å². The third-order valence-corrected chi connectivity index (χ3v) is 3.92. The molecule has 0 radical (unpaired) electrons. The number of halogens is 1. The summed E-state index contributed by atoms with van der Waals surface area (Å²) in [5.74, 6) is 1.39. The molecular formula is C12H28IN3OS. The van der Waals surface area contributed by atoms with Crippen molar-refractivity contribution in [2.75, 3.05) is 19.3 Å². The van der Waals surface area contributed by atoms with E-state index in [1.165, 1.54) is 0 Å². The molecule has 0 aliphatic heterocycles. The molecule has 0 amide bonds. The second kappa shape index (κ2) is 8.35. The van der Waals surface area contributed by atoms with Crippen molar-refractivity contribution in [3.05, 3.63) is 0 Å². The molecule has 0 saturated heterocycles. The molecule has 4 nitrogen and oxygen atoms in total. The lowest BCUT2D eigenvalue weighted by Crippen LogP contribution is -2.48. The van der Waals surface area contributed by atoms with E-state index >= 15 is 0 Å². The normalized spacial score (nSPS) is 14.7. The predicted octanol–water partition coefficient (Wildman–Crippen LogP) is 2.12. The Bertz CT molecular complexity index is 293. The lowest BCUT2D eigenvalue weighted by Gasteiger charge is -2.24. The zero-order chi connectivity index (χ0) is 13.7. The van der Waals surface area contributed by atoms with Gasteiger partial charge in [0.05, 0.1) is 0 Å². The van der Waals surface area contributed by atoms with Crippen molar-refractivity contribution in [2.24, 2.45) is 4.99 Å². The number of nitrogens with one attached hydrogen (secondary N) is 2. The lowest BCUT2D eigenvalue weighted by molar-refractivity contribution is 0.502. The van der Waals surface area contributed by atoms with Crippen LogP contribution in [0.3, 0.4) is 0 Å². The number of guanidine groups is 1. The fourth-order valence-electron chi connectivity index (χ4n) is 1.10. The van der Waals surface area contributed by atoms with E-state index < -0.39 is 10.8 Å². The van der Waals surface area contributed by atoms with Crippen LogP contribution in [-0.4, -0.2) is 39.8 Å². The van der Waals surface area contributed by atoms with E-state index in [9.17, 15) is 4.21 Å². The summed E-state index contributed by atoms with van der Waals surface area (Å²) < 4.78 is 11.7. The van der Waals surface area contributed by atoms with Gasteiger partial charge in [-0.15, -0.1) is 24.0 Å². The van der Waals surface area contributed by atoms with E-state index in [1.54, 1.807) is 7.05 Å². The first-order chi connectivity index (χ1) is 7.56. The summed E-state index contributed by atoms with van der Waals surface area (Å²) in [6.07, 6.45) is 0. The molecule has 0 spiro atoms. The van der Waals surface area contributed by atoms with Crippen LogP contribution in [-0.2, 0) is 10.8 Å². The average molecular weight is 389 g/mol. The van der Waals surface area contributed by atoms with Crippen LogP contribution in [0.15, 0.2) is 4.99 Å². The quantitative estimate of drug-likeness (QED) is 0.442. The highest BCUT2D eigenvalue weighted by atomic mass is 127. The van der Waals surface area contributed by atoms with Crippen LogP contribution in [0.5, 0.6) is 0 Å². The molecular weight excluding hydrogens is 361 g/mol. The topological polar surface area (TPSA) is 53.5 Å². The Labute approximate surface area is 131 Å². The summed E-state index contributed by atoms with van der Waals surface area (Å²) in [4.78, 5) is 4.13. The van der Waals surface area contributed by atoms with Crippen LogP contribution in [0.2, 0.25) is 0 Å². The Morgan fingerprint density at radius 3 is 2.00 bits per heavy atom. The molecule has 1 unspecified atom stereocenters. The van der Waals surface area contributed by atoms with E-state index in [1.807, 2.05) is 20.8 Å². The summed E-state index contributed by atoms with van der Waals surface area (Å²) in [6, 6.07) is 0. The van der Waals surface area contributed by atoms with Gasteiger partial charge in [-0.25, -0.2) is 0 Å². The number of nitrogens with zero attached hydrogens (tertiary/aromatic N) is 1. The highest BCUT2D eigenvalue weighted by Crippen LogP contribution is 2.10. The van der Waals surface area contributed by atoms with E-state index in [0.29, 0.717) is 12.3 Å². The highest BCUT2D eigenvalue weighted by Gasteiger charge is 2.19. The summed E-state index contributed by atoms with van der Waals surface area (Å²) in [5, 5.41) is 6.43. The summed E-state index contributed by atoms with van der Waals surface area (Å²) in [5.41, 5.74) is -0.0228. The smallest absolute Gasteiger partial charge is 0.191 e. The number of aliphatic imine (C=N–C) groups is 1. The molecule has 2 N–H and O–H groups in total. The number of hydrogen-bond donors (Lipinski definition) is 2. The van der Waals surface area contributed by atoms with E-state index in [4.69, 9.17) is 0 Å². The molecule has 0 heterocycles. The maximum Gasteiger partial charge on any atom is 0.191 e. The van der Waals surface area contributed by atoms with Gasteiger partial charge in [-0.2, -0.15) is 0 Å². The maximum atomic E-state index is 11.8. The van der Waals surface area contributed by atoms with Crippen molar-refractivity contribution in [3.8, 4) is 0 Å². The molecule has 0 bridgehead atoms. The molecule has 0 aromatic heterocycles. The molecule has 1 atom stereocenters. The lowest BCUT2D eigenvalue weighted by atomic mass is 10.1. The zero-order valence-corrected chi connectivity index (χ0v) is 15.7. The Morgan fingerprint density at radius 2 is 1.67 bits per heavy atom. The van der Waals surface area contributed by atoms with Crippen molar-refractivity contribution in [1.82, 2.24) is 10.6 Å². The van der Waals surface area contributed by atoms with Crippen LogP contribution in [0.25, 0.3) is 0 Å². The van der Waals surface area contributed by atoms with Gasteiger partial charge in [0.15, 0.2) is 5.96 Å². The first-order valence-electron chi connectivity index (χ1n) is 5.93. The van der Waals surface area contributed by atoms with Crippen LogP contribution in [0.1, 0.15) is 41.5 Å². The molecule has 0 aliphatic carbocycles.